The van der Waals surface area contributed by atoms with Crippen LogP contribution in [0.25, 0.3) is 0 Å². The van der Waals surface area contributed by atoms with Gasteiger partial charge in [0.2, 0.25) is 3.79 Å². The van der Waals surface area contributed by atoms with E-state index in [0.29, 0.717) is 11.8 Å². The highest BCUT2D eigenvalue weighted by molar-refractivity contribution is 8.13. The van der Waals surface area contributed by atoms with E-state index in [1.807, 2.05) is 0 Å². The van der Waals surface area contributed by atoms with E-state index in [-0.39, 0.29) is 5.75 Å². The first kappa shape index (κ1) is 15.1. The molecule has 5 nitrogen and oxygen atoms in total. The molecule has 0 bridgehead atoms. The normalized spacial score (nSPS) is 13.3. The summed E-state index contributed by atoms with van der Waals surface area (Å²) >= 11 is 16.6. The van der Waals surface area contributed by atoms with Gasteiger partial charge in [-0.2, -0.15) is 0 Å². The molecule has 0 fully saturated rings. The van der Waals surface area contributed by atoms with E-state index < -0.39 is 27.7 Å². The Kier molecular flexibility index (Phi) is 6.70. The van der Waals surface area contributed by atoms with Crippen LogP contribution >= 0.6 is 46.6 Å². The van der Waals surface area contributed by atoms with Crippen molar-refractivity contribution in [2.24, 2.45) is 5.73 Å². The van der Waals surface area contributed by atoms with Crippen molar-refractivity contribution in [2.45, 2.75) is 9.83 Å². The molecule has 0 radical (unpaired) electrons. The molecule has 0 amide bonds. The van der Waals surface area contributed by atoms with Gasteiger partial charge in [-0.3, -0.25) is 4.79 Å². The first-order chi connectivity index (χ1) is 6.72. The van der Waals surface area contributed by atoms with Gasteiger partial charge in [0.15, 0.2) is 0 Å². The maximum atomic E-state index is 10.9. The van der Waals surface area contributed by atoms with Gasteiger partial charge in [-0.05, 0) is 11.8 Å². The van der Waals surface area contributed by atoms with E-state index in [4.69, 9.17) is 45.6 Å². The predicted molar refractivity (Wildman–Crippen MR) is 59.7 cm³/mol. The Morgan fingerprint density at radius 1 is 1.47 bits per heavy atom. The Hall–Kier alpha value is 0.120. The van der Waals surface area contributed by atoms with Gasteiger partial charge in [0.1, 0.15) is 12.6 Å². The quantitative estimate of drug-likeness (QED) is 0.605. The Morgan fingerprint density at radius 3 is 2.40 bits per heavy atom. The maximum Gasteiger partial charge on any atom is 0.367 e. The molecule has 0 aromatic heterocycles. The van der Waals surface area contributed by atoms with Gasteiger partial charge < -0.3 is 15.6 Å². The van der Waals surface area contributed by atoms with Crippen LogP contribution in [0, 0.1) is 0 Å². The van der Waals surface area contributed by atoms with Crippen LogP contribution in [0.2, 0.25) is 0 Å². The van der Waals surface area contributed by atoms with Crippen molar-refractivity contribution in [3.05, 3.63) is 0 Å². The Morgan fingerprint density at radius 2 is 2.00 bits per heavy atom. The molecule has 0 aromatic carbocycles. The molecule has 0 aliphatic carbocycles. The summed E-state index contributed by atoms with van der Waals surface area (Å²) in [4.78, 5) is 21.2. The molecule has 1 atom stereocenters. The van der Waals surface area contributed by atoms with Gasteiger partial charge in [-0.1, -0.05) is 34.8 Å². The van der Waals surface area contributed by atoms with Crippen molar-refractivity contribution in [1.29, 1.82) is 0 Å². The number of alkyl halides is 3. The van der Waals surface area contributed by atoms with E-state index in [1.165, 1.54) is 0 Å². The number of carboxylic acids is 1. The Labute approximate surface area is 105 Å². The molecular formula is C6H8Cl3NO4S. The molecule has 3 N–H and O–H groups in total. The summed E-state index contributed by atoms with van der Waals surface area (Å²) in [7, 11) is 0. The van der Waals surface area contributed by atoms with Crippen molar-refractivity contribution >= 4 is 57.8 Å². The average molecular weight is 297 g/mol. The molecule has 0 aromatic rings. The lowest BCUT2D eigenvalue weighted by Crippen LogP contribution is -2.33. The summed E-state index contributed by atoms with van der Waals surface area (Å²) in [5.41, 5.74) is 5.14. The van der Waals surface area contributed by atoms with Crippen LogP contribution in [-0.4, -0.2) is 38.6 Å². The third-order valence-electron chi connectivity index (χ3n) is 1.05. The van der Waals surface area contributed by atoms with Crippen molar-refractivity contribution in [2.75, 3.05) is 12.4 Å². The minimum atomic E-state index is -1.68. The Bertz CT molecular complexity index is 245. The lowest BCUT2D eigenvalue weighted by Gasteiger charge is -2.11. The summed E-state index contributed by atoms with van der Waals surface area (Å²) in [6.45, 7) is -0.397. The highest BCUT2D eigenvalue weighted by Crippen LogP contribution is 2.26. The van der Waals surface area contributed by atoms with E-state index in [2.05, 4.69) is 4.74 Å². The maximum absolute atomic E-state index is 10.9. The van der Waals surface area contributed by atoms with Gasteiger partial charge in [0, 0.05) is 5.75 Å². The number of ether oxygens (including phenoxy) is 1. The van der Waals surface area contributed by atoms with Crippen molar-refractivity contribution in [3.8, 4) is 0 Å². The third-order valence-corrected chi connectivity index (χ3v) is 2.26. The summed E-state index contributed by atoms with van der Waals surface area (Å²) in [5, 5.41) is 7.66. The van der Waals surface area contributed by atoms with E-state index in [9.17, 15) is 9.59 Å². The molecule has 0 spiro atoms. The second-order valence-electron chi connectivity index (χ2n) is 2.41. The number of thioether (sulfide) groups is 1. The van der Waals surface area contributed by atoms with Crippen LogP contribution in [0.1, 0.15) is 0 Å². The fraction of sp³-hybridized carbons (Fsp3) is 0.667. The van der Waals surface area contributed by atoms with Crippen molar-refractivity contribution in [3.63, 3.8) is 0 Å². The second kappa shape index (κ2) is 6.65. The smallest absolute Gasteiger partial charge is 0.367 e. The molecule has 0 rings (SSSR count). The summed E-state index contributed by atoms with van der Waals surface area (Å²) < 4.78 is 2.84. The number of hydrogen-bond donors (Lipinski definition) is 2. The van der Waals surface area contributed by atoms with Crippen LogP contribution in [0.4, 0.5) is 4.79 Å². The van der Waals surface area contributed by atoms with Crippen LogP contribution < -0.4 is 5.73 Å². The molecule has 0 heterocycles. The average Bonchev–Trinajstić information content (AvgIpc) is 2.09. The number of nitrogens with two attached hydrogens (primary N) is 1. The van der Waals surface area contributed by atoms with E-state index in [0.717, 1.165) is 0 Å². The Balaban J connectivity index is 3.72. The standard InChI is InChI=1S/C6H8Cl3NO4S/c7-6(8,9)2-14-5(13)15-1-3(10)4(11)12/h3H,1-2,10H2,(H,11,12). The highest BCUT2D eigenvalue weighted by atomic mass is 35.6. The van der Waals surface area contributed by atoms with E-state index >= 15 is 0 Å². The number of carboxylic acid groups (broad SMARTS) is 1. The van der Waals surface area contributed by atoms with Gasteiger partial charge in [-0.15, -0.1) is 0 Å². The number of hydrogen-bond acceptors (Lipinski definition) is 5. The van der Waals surface area contributed by atoms with Crippen LogP contribution in [0.5, 0.6) is 0 Å². The number of carbonyl (C=O) groups is 2. The summed E-state index contributed by atoms with van der Waals surface area (Å²) in [6.07, 6.45) is 0. The van der Waals surface area contributed by atoms with Crippen molar-refractivity contribution < 1.29 is 19.4 Å². The molecule has 9 heteroatoms. The van der Waals surface area contributed by atoms with Crippen LogP contribution in [-0.2, 0) is 9.53 Å². The minimum absolute atomic E-state index is 0.103. The molecule has 0 aliphatic rings. The van der Waals surface area contributed by atoms with Gasteiger partial charge in [-0.25, -0.2) is 4.79 Å². The predicted octanol–water partition coefficient (Wildman–Crippen LogP) is 1.64. The highest BCUT2D eigenvalue weighted by Gasteiger charge is 2.23. The molecular weight excluding hydrogens is 288 g/mol. The number of aliphatic carboxylic acids is 1. The third kappa shape index (κ3) is 9.07. The minimum Gasteiger partial charge on any atom is -0.480 e. The lowest BCUT2D eigenvalue weighted by atomic mass is 10.4. The zero-order chi connectivity index (χ0) is 12.1. The fourth-order valence-electron chi connectivity index (χ4n) is 0.412. The second-order valence-corrected chi connectivity index (χ2v) is 5.88. The van der Waals surface area contributed by atoms with Gasteiger partial charge in [0.25, 0.3) is 0 Å². The van der Waals surface area contributed by atoms with Gasteiger partial charge in [0.05, 0.1) is 0 Å². The monoisotopic (exact) mass is 295 g/mol. The molecule has 15 heavy (non-hydrogen) atoms. The SMILES string of the molecule is NC(CSC(=O)OCC(Cl)(Cl)Cl)C(=O)O. The largest absolute Gasteiger partial charge is 0.480 e. The van der Waals surface area contributed by atoms with Crippen LogP contribution in [0.3, 0.4) is 0 Å². The zero-order valence-corrected chi connectivity index (χ0v) is 10.4. The summed E-state index contributed by atoms with van der Waals surface area (Å²) in [5.74, 6) is -1.30. The molecule has 88 valence electrons. The topological polar surface area (TPSA) is 89.6 Å². The first-order valence-corrected chi connectivity index (χ1v) is 5.69. The van der Waals surface area contributed by atoms with Crippen LogP contribution in [0.15, 0.2) is 0 Å². The van der Waals surface area contributed by atoms with E-state index in [1.54, 1.807) is 0 Å². The first-order valence-electron chi connectivity index (χ1n) is 3.57. The summed E-state index contributed by atoms with van der Waals surface area (Å²) in [6, 6.07) is -1.13. The molecule has 0 aliphatic heterocycles. The van der Waals surface area contributed by atoms with Gasteiger partial charge >= 0.3 is 11.3 Å². The molecule has 1 unspecified atom stereocenters. The number of rotatable bonds is 4. The lowest BCUT2D eigenvalue weighted by molar-refractivity contribution is -0.137. The number of carbonyl (C=O) groups excluding carboxylic acids is 1. The zero-order valence-electron chi connectivity index (χ0n) is 7.28. The molecule has 0 saturated heterocycles. The van der Waals surface area contributed by atoms with Crippen molar-refractivity contribution in [1.82, 2.24) is 0 Å². The molecule has 0 saturated carbocycles. The fourth-order valence-corrected chi connectivity index (χ4v) is 1.18. The number of halogens is 3.